The minimum absolute atomic E-state index is 0.209. The monoisotopic (exact) mass is 287 g/mol. The Labute approximate surface area is 121 Å². The number of rotatable bonds is 2. The van der Waals surface area contributed by atoms with Gasteiger partial charge in [0.2, 0.25) is 5.65 Å². The molecule has 1 aliphatic heterocycles. The number of carboxylic acid groups (broad SMARTS) is 1. The molecular formula is C14H17N5O2. The molecular weight excluding hydrogens is 270 g/mol. The van der Waals surface area contributed by atoms with Gasteiger partial charge >= 0.3 is 5.97 Å². The number of aryl methyl sites for hydroxylation is 1. The predicted octanol–water partition coefficient (Wildman–Crippen LogP) is 1.12. The van der Waals surface area contributed by atoms with Crippen LogP contribution in [0, 0.1) is 18.3 Å². The number of fused-ring (bicyclic) bond motifs is 2. The maximum Gasteiger partial charge on any atom is 0.311 e. The van der Waals surface area contributed by atoms with E-state index in [2.05, 4.69) is 20.1 Å². The number of aliphatic carboxylic acids is 1. The Morgan fingerprint density at radius 3 is 3.10 bits per heavy atom. The lowest BCUT2D eigenvalue weighted by atomic mass is 9.81. The topological polar surface area (TPSA) is 83.6 Å². The highest BCUT2D eigenvalue weighted by Crippen LogP contribution is 2.49. The van der Waals surface area contributed by atoms with Crippen molar-refractivity contribution in [1.29, 1.82) is 0 Å². The van der Waals surface area contributed by atoms with E-state index in [0.717, 1.165) is 37.4 Å². The summed E-state index contributed by atoms with van der Waals surface area (Å²) in [6, 6.07) is 0. The standard InChI is InChI=1S/C14H17N5O2/c1-9-16-17-12-11(15-5-6-19(9)12)18-7-10-3-2-4-14(10,8-18)13(20)21/h5-6,10H,2-4,7-8H2,1H3,(H,20,21)/t10-,14+/m0/s1. The summed E-state index contributed by atoms with van der Waals surface area (Å²) < 4.78 is 1.89. The summed E-state index contributed by atoms with van der Waals surface area (Å²) in [6.07, 6.45) is 6.31. The number of anilines is 1. The maximum absolute atomic E-state index is 11.8. The average molecular weight is 287 g/mol. The molecule has 1 aliphatic carbocycles. The Kier molecular flexibility index (Phi) is 2.49. The van der Waals surface area contributed by atoms with Gasteiger partial charge < -0.3 is 10.0 Å². The Hall–Kier alpha value is -2.18. The van der Waals surface area contributed by atoms with E-state index in [0.29, 0.717) is 12.2 Å². The van der Waals surface area contributed by atoms with Crippen LogP contribution < -0.4 is 4.90 Å². The van der Waals surface area contributed by atoms with E-state index in [1.54, 1.807) is 6.20 Å². The van der Waals surface area contributed by atoms with Crippen molar-refractivity contribution in [3.8, 4) is 0 Å². The fraction of sp³-hybridized carbons (Fsp3) is 0.571. The summed E-state index contributed by atoms with van der Waals surface area (Å²) in [5.74, 6) is 1.09. The molecule has 2 aromatic rings. The van der Waals surface area contributed by atoms with E-state index >= 15 is 0 Å². The van der Waals surface area contributed by atoms with Crippen LogP contribution in [0.2, 0.25) is 0 Å². The fourth-order valence-electron chi connectivity index (χ4n) is 3.95. The zero-order valence-corrected chi connectivity index (χ0v) is 11.9. The van der Waals surface area contributed by atoms with Gasteiger partial charge in [0.25, 0.3) is 0 Å². The minimum Gasteiger partial charge on any atom is -0.481 e. The molecule has 1 N–H and O–H groups in total. The zero-order chi connectivity index (χ0) is 14.6. The quantitative estimate of drug-likeness (QED) is 0.891. The molecule has 2 fully saturated rings. The third kappa shape index (κ3) is 1.60. The first-order valence-electron chi connectivity index (χ1n) is 7.26. The van der Waals surface area contributed by atoms with Crippen LogP contribution in [0.4, 0.5) is 5.82 Å². The highest BCUT2D eigenvalue weighted by Gasteiger charge is 2.55. The van der Waals surface area contributed by atoms with Crippen molar-refractivity contribution in [2.45, 2.75) is 26.2 Å². The molecule has 4 rings (SSSR count). The molecule has 2 atom stereocenters. The molecule has 2 aliphatic rings. The third-order valence-electron chi connectivity index (χ3n) is 5.08. The summed E-state index contributed by atoms with van der Waals surface area (Å²) in [7, 11) is 0. The van der Waals surface area contributed by atoms with E-state index in [1.807, 2.05) is 17.5 Å². The molecule has 2 aromatic heterocycles. The van der Waals surface area contributed by atoms with Crippen LogP contribution in [-0.2, 0) is 4.79 Å². The maximum atomic E-state index is 11.8. The van der Waals surface area contributed by atoms with Gasteiger partial charge in [-0.3, -0.25) is 9.20 Å². The van der Waals surface area contributed by atoms with Crippen molar-refractivity contribution in [2.75, 3.05) is 18.0 Å². The summed E-state index contributed by atoms with van der Waals surface area (Å²) >= 11 is 0. The minimum atomic E-state index is -0.669. The summed E-state index contributed by atoms with van der Waals surface area (Å²) in [5.41, 5.74) is 0.0966. The Balaban J connectivity index is 1.76. The molecule has 0 amide bonds. The zero-order valence-electron chi connectivity index (χ0n) is 11.9. The second-order valence-corrected chi connectivity index (χ2v) is 6.12. The van der Waals surface area contributed by atoms with Crippen molar-refractivity contribution < 1.29 is 9.90 Å². The van der Waals surface area contributed by atoms with Gasteiger partial charge in [0.15, 0.2) is 5.82 Å². The molecule has 0 aromatic carbocycles. The number of aromatic nitrogens is 4. The second kappa shape index (κ2) is 4.16. The number of hydrogen-bond acceptors (Lipinski definition) is 5. The number of carbonyl (C=O) groups is 1. The van der Waals surface area contributed by atoms with Gasteiger partial charge in [-0.05, 0) is 25.7 Å². The lowest BCUT2D eigenvalue weighted by Gasteiger charge is -2.23. The van der Waals surface area contributed by atoms with E-state index in [4.69, 9.17) is 0 Å². The molecule has 0 unspecified atom stereocenters. The van der Waals surface area contributed by atoms with Crippen molar-refractivity contribution in [3.05, 3.63) is 18.2 Å². The summed E-state index contributed by atoms with van der Waals surface area (Å²) in [6.45, 7) is 3.15. The van der Waals surface area contributed by atoms with Gasteiger partial charge in [-0.2, -0.15) is 0 Å². The average Bonchev–Trinajstić information content (AvgIpc) is 3.11. The lowest BCUT2D eigenvalue weighted by molar-refractivity contribution is -0.149. The smallest absolute Gasteiger partial charge is 0.311 e. The SMILES string of the molecule is Cc1nnc2c(N3C[C@@H]4CCC[C@@]4(C(=O)O)C3)nccn12. The number of hydrogen-bond donors (Lipinski definition) is 1. The van der Waals surface area contributed by atoms with Crippen molar-refractivity contribution in [3.63, 3.8) is 0 Å². The number of nitrogens with zero attached hydrogens (tertiary/aromatic N) is 5. The molecule has 1 saturated carbocycles. The normalized spacial score (nSPS) is 28.2. The van der Waals surface area contributed by atoms with Gasteiger partial charge in [-0.1, -0.05) is 6.42 Å². The molecule has 3 heterocycles. The fourth-order valence-corrected chi connectivity index (χ4v) is 3.95. The van der Waals surface area contributed by atoms with Gasteiger partial charge in [-0.25, -0.2) is 4.98 Å². The molecule has 110 valence electrons. The van der Waals surface area contributed by atoms with E-state index < -0.39 is 11.4 Å². The van der Waals surface area contributed by atoms with Crippen LogP contribution in [0.25, 0.3) is 5.65 Å². The number of carboxylic acids is 1. The van der Waals surface area contributed by atoms with Crippen molar-refractivity contribution in [2.24, 2.45) is 11.3 Å². The highest BCUT2D eigenvalue weighted by atomic mass is 16.4. The van der Waals surface area contributed by atoms with E-state index in [9.17, 15) is 9.90 Å². The van der Waals surface area contributed by atoms with Crippen LogP contribution in [0.15, 0.2) is 12.4 Å². The van der Waals surface area contributed by atoms with Crippen LogP contribution in [0.5, 0.6) is 0 Å². The second-order valence-electron chi connectivity index (χ2n) is 6.12. The van der Waals surface area contributed by atoms with Crippen molar-refractivity contribution >= 4 is 17.4 Å². The van der Waals surface area contributed by atoms with Crippen LogP contribution >= 0.6 is 0 Å². The van der Waals surface area contributed by atoms with Crippen molar-refractivity contribution in [1.82, 2.24) is 19.6 Å². The molecule has 0 bridgehead atoms. The summed E-state index contributed by atoms with van der Waals surface area (Å²) in [4.78, 5) is 18.3. The Morgan fingerprint density at radius 1 is 1.48 bits per heavy atom. The first-order chi connectivity index (χ1) is 10.1. The molecule has 7 nitrogen and oxygen atoms in total. The van der Waals surface area contributed by atoms with Gasteiger partial charge in [0, 0.05) is 25.5 Å². The Morgan fingerprint density at radius 2 is 2.33 bits per heavy atom. The lowest BCUT2D eigenvalue weighted by Crippen LogP contribution is -2.35. The molecule has 7 heteroatoms. The van der Waals surface area contributed by atoms with E-state index in [-0.39, 0.29) is 5.92 Å². The molecule has 0 spiro atoms. The van der Waals surface area contributed by atoms with Crippen LogP contribution in [-0.4, -0.2) is 43.7 Å². The largest absolute Gasteiger partial charge is 0.481 e. The summed E-state index contributed by atoms with van der Waals surface area (Å²) in [5, 5.41) is 17.9. The predicted molar refractivity (Wildman–Crippen MR) is 75.1 cm³/mol. The van der Waals surface area contributed by atoms with Gasteiger partial charge in [-0.15, -0.1) is 10.2 Å². The van der Waals surface area contributed by atoms with E-state index in [1.165, 1.54) is 0 Å². The third-order valence-corrected chi connectivity index (χ3v) is 5.08. The first-order valence-corrected chi connectivity index (χ1v) is 7.26. The van der Waals surface area contributed by atoms with Crippen LogP contribution in [0.1, 0.15) is 25.1 Å². The van der Waals surface area contributed by atoms with Gasteiger partial charge in [0.1, 0.15) is 5.82 Å². The van der Waals surface area contributed by atoms with Crippen LogP contribution in [0.3, 0.4) is 0 Å². The first kappa shape index (κ1) is 12.6. The van der Waals surface area contributed by atoms with Gasteiger partial charge in [0.05, 0.1) is 5.41 Å². The molecule has 21 heavy (non-hydrogen) atoms. The molecule has 0 radical (unpaired) electrons. The highest BCUT2D eigenvalue weighted by molar-refractivity contribution is 5.78. The Bertz CT molecular complexity index is 727. The molecule has 1 saturated heterocycles.